The number of aromatic nitrogens is 2. The van der Waals surface area contributed by atoms with Crippen LogP contribution in [0.4, 0.5) is 0 Å². The van der Waals surface area contributed by atoms with E-state index in [0.717, 1.165) is 22.0 Å². The summed E-state index contributed by atoms with van der Waals surface area (Å²) in [5.41, 5.74) is 4.17. The molecule has 4 aromatic rings. The number of nitrogens with one attached hydrogen (secondary N) is 1. The van der Waals surface area contributed by atoms with Crippen molar-refractivity contribution in [2.75, 3.05) is 0 Å². The summed E-state index contributed by atoms with van der Waals surface area (Å²) in [6.45, 7) is 0. The molecule has 1 N–H and O–H groups in total. The summed E-state index contributed by atoms with van der Waals surface area (Å²) < 4.78 is 5.45. The second kappa shape index (κ2) is 3.47. The van der Waals surface area contributed by atoms with E-state index in [1.807, 2.05) is 36.7 Å². The number of nitrogens with zero attached hydrogens (tertiary/aromatic N) is 1. The first-order valence-electron chi connectivity index (χ1n) is 5.82. The molecule has 3 aromatic heterocycles. The molecule has 0 atom stereocenters. The van der Waals surface area contributed by atoms with Crippen molar-refractivity contribution in [1.29, 1.82) is 0 Å². The minimum atomic E-state index is 0.910. The molecule has 0 bridgehead atoms. The molecule has 0 aliphatic heterocycles. The number of hydrogen-bond donors (Lipinski definition) is 1. The predicted molar refractivity (Wildman–Crippen MR) is 71.3 cm³/mol. The molecule has 1 aromatic carbocycles. The second-order valence-electron chi connectivity index (χ2n) is 4.24. The second-order valence-corrected chi connectivity index (χ2v) is 4.24. The van der Waals surface area contributed by atoms with Crippen LogP contribution in [0.25, 0.3) is 33.1 Å². The van der Waals surface area contributed by atoms with Gasteiger partial charge in [-0.15, -0.1) is 0 Å². The van der Waals surface area contributed by atoms with E-state index in [9.17, 15) is 0 Å². The molecule has 0 spiro atoms. The van der Waals surface area contributed by atoms with Crippen LogP contribution >= 0.6 is 0 Å². The van der Waals surface area contributed by atoms with Crippen molar-refractivity contribution in [2.45, 2.75) is 0 Å². The lowest BCUT2D eigenvalue weighted by atomic mass is 10.0. The first-order chi connectivity index (χ1) is 8.93. The number of furan rings is 1. The van der Waals surface area contributed by atoms with Crippen molar-refractivity contribution in [3.63, 3.8) is 0 Å². The summed E-state index contributed by atoms with van der Waals surface area (Å²) >= 11 is 0. The van der Waals surface area contributed by atoms with Gasteiger partial charge in [-0.05, 0) is 35.4 Å². The maximum atomic E-state index is 5.45. The monoisotopic (exact) mass is 234 g/mol. The minimum absolute atomic E-state index is 0.910. The van der Waals surface area contributed by atoms with Crippen molar-refractivity contribution >= 4 is 22.0 Å². The SMILES string of the molecule is c1cc(-c2ccnc3[nH]ccc23)c2ccoc2c1. The van der Waals surface area contributed by atoms with E-state index in [1.54, 1.807) is 6.26 Å². The van der Waals surface area contributed by atoms with Gasteiger partial charge in [0.2, 0.25) is 0 Å². The molecule has 0 fully saturated rings. The highest BCUT2D eigenvalue weighted by Gasteiger charge is 2.09. The number of pyridine rings is 1. The Labute approximate surface area is 103 Å². The zero-order valence-electron chi connectivity index (χ0n) is 9.55. The fraction of sp³-hybridized carbons (Fsp3) is 0. The number of benzene rings is 1. The van der Waals surface area contributed by atoms with Gasteiger partial charge in [-0.2, -0.15) is 0 Å². The lowest BCUT2D eigenvalue weighted by molar-refractivity contribution is 0.616. The summed E-state index contributed by atoms with van der Waals surface area (Å²) in [5.74, 6) is 0. The van der Waals surface area contributed by atoms with Gasteiger partial charge in [0.15, 0.2) is 0 Å². The maximum absolute atomic E-state index is 5.45. The third-order valence-electron chi connectivity index (χ3n) is 3.25. The molecule has 3 heterocycles. The van der Waals surface area contributed by atoms with Gasteiger partial charge in [-0.25, -0.2) is 4.98 Å². The Morgan fingerprint density at radius 2 is 1.89 bits per heavy atom. The number of fused-ring (bicyclic) bond motifs is 2. The normalized spacial score (nSPS) is 11.3. The average Bonchev–Trinajstić information content (AvgIpc) is 3.06. The summed E-state index contributed by atoms with van der Waals surface area (Å²) in [4.78, 5) is 7.45. The van der Waals surface area contributed by atoms with Gasteiger partial charge < -0.3 is 9.40 Å². The molecule has 86 valence electrons. The Bertz CT molecular complexity index is 770. The zero-order chi connectivity index (χ0) is 11.9. The lowest BCUT2D eigenvalue weighted by Gasteiger charge is -2.04. The first kappa shape index (κ1) is 9.48. The van der Waals surface area contributed by atoms with Gasteiger partial charge in [0.25, 0.3) is 0 Å². The standard InChI is InChI=1S/C15H10N2O/c1-2-10(12-6-9-18-14(12)3-1)11-4-7-16-15-13(11)5-8-17-15/h1-9H,(H,16,17). The van der Waals surface area contributed by atoms with Gasteiger partial charge in [0.05, 0.1) is 6.26 Å². The van der Waals surface area contributed by atoms with Gasteiger partial charge in [-0.1, -0.05) is 12.1 Å². The molecule has 4 rings (SSSR count). The van der Waals surface area contributed by atoms with E-state index in [0.29, 0.717) is 0 Å². The lowest BCUT2D eigenvalue weighted by Crippen LogP contribution is -1.82. The molecule has 0 unspecified atom stereocenters. The number of hydrogen-bond acceptors (Lipinski definition) is 2. The van der Waals surface area contributed by atoms with E-state index >= 15 is 0 Å². The molecule has 0 radical (unpaired) electrons. The molecule has 3 nitrogen and oxygen atoms in total. The van der Waals surface area contributed by atoms with Crippen LogP contribution in [0.15, 0.2) is 59.5 Å². The predicted octanol–water partition coefficient (Wildman–Crippen LogP) is 3.98. The molecule has 0 saturated carbocycles. The maximum Gasteiger partial charge on any atom is 0.137 e. The Balaban J connectivity index is 2.13. The van der Waals surface area contributed by atoms with Crippen molar-refractivity contribution < 1.29 is 4.42 Å². The van der Waals surface area contributed by atoms with E-state index in [2.05, 4.69) is 22.1 Å². The van der Waals surface area contributed by atoms with E-state index in [-0.39, 0.29) is 0 Å². The molecular formula is C15H10N2O. The van der Waals surface area contributed by atoms with Crippen molar-refractivity contribution in [3.8, 4) is 11.1 Å². The quantitative estimate of drug-likeness (QED) is 0.541. The van der Waals surface area contributed by atoms with Crippen LogP contribution in [0.1, 0.15) is 0 Å². The average molecular weight is 234 g/mol. The fourth-order valence-electron chi connectivity index (χ4n) is 2.42. The number of aromatic amines is 1. The van der Waals surface area contributed by atoms with Crippen LogP contribution in [0.2, 0.25) is 0 Å². The molecule has 0 saturated heterocycles. The summed E-state index contributed by atoms with van der Waals surface area (Å²) in [5, 5.41) is 2.26. The van der Waals surface area contributed by atoms with Crippen LogP contribution in [-0.4, -0.2) is 9.97 Å². The van der Waals surface area contributed by atoms with Gasteiger partial charge in [-0.3, -0.25) is 0 Å². The summed E-state index contributed by atoms with van der Waals surface area (Å²) in [7, 11) is 0. The summed E-state index contributed by atoms with van der Waals surface area (Å²) in [6, 6.07) is 12.2. The highest BCUT2D eigenvalue weighted by Crippen LogP contribution is 2.33. The van der Waals surface area contributed by atoms with E-state index < -0.39 is 0 Å². The smallest absolute Gasteiger partial charge is 0.137 e. The van der Waals surface area contributed by atoms with Crippen molar-refractivity contribution in [1.82, 2.24) is 9.97 Å². The summed E-state index contributed by atoms with van der Waals surface area (Å²) in [6.07, 6.45) is 5.47. The van der Waals surface area contributed by atoms with Gasteiger partial charge >= 0.3 is 0 Å². The van der Waals surface area contributed by atoms with Crippen LogP contribution in [0.5, 0.6) is 0 Å². The van der Waals surface area contributed by atoms with Crippen molar-refractivity contribution in [3.05, 3.63) is 55.1 Å². The topological polar surface area (TPSA) is 41.8 Å². The molecule has 0 aliphatic carbocycles. The Kier molecular flexibility index (Phi) is 1.83. The largest absolute Gasteiger partial charge is 0.464 e. The third kappa shape index (κ3) is 1.21. The molecular weight excluding hydrogens is 224 g/mol. The first-order valence-corrected chi connectivity index (χ1v) is 5.82. The minimum Gasteiger partial charge on any atom is -0.464 e. The number of H-pyrrole nitrogens is 1. The van der Waals surface area contributed by atoms with Crippen LogP contribution in [-0.2, 0) is 0 Å². The van der Waals surface area contributed by atoms with Crippen molar-refractivity contribution in [2.24, 2.45) is 0 Å². The van der Waals surface area contributed by atoms with Gasteiger partial charge in [0.1, 0.15) is 11.2 Å². The molecule has 3 heteroatoms. The Hall–Kier alpha value is -2.55. The number of rotatable bonds is 1. The molecule has 18 heavy (non-hydrogen) atoms. The molecule has 0 amide bonds. The fourth-order valence-corrected chi connectivity index (χ4v) is 2.42. The van der Waals surface area contributed by atoms with Crippen LogP contribution in [0, 0.1) is 0 Å². The Morgan fingerprint density at radius 1 is 0.944 bits per heavy atom. The third-order valence-corrected chi connectivity index (χ3v) is 3.25. The van der Waals surface area contributed by atoms with E-state index in [4.69, 9.17) is 4.42 Å². The zero-order valence-corrected chi connectivity index (χ0v) is 9.55. The Morgan fingerprint density at radius 3 is 2.89 bits per heavy atom. The van der Waals surface area contributed by atoms with Crippen LogP contribution in [0.3, 0.4) is 0 Å². The molecule has 0 aliphatic rings. The van der Waals surface area contributed by atoms with E-state index in [1.165, 1.54) is 11.1 Å². The highest BCUT2D eigenvalue weighted by atomic mass is 16.3. The van der Waals surface area contributed by atoms with Gasteiger partial charge in [0, 0.05) is 23.2 Å². The highest BCUT2D eigenvalue weighted by molar-refractivity contribution is 6.02. The van der Waals surface area contributed by atoms with Crippen LogP contribution < -0.4 is 0 Å².